The zero-order valence-electron chi connectivity index (χ0n) is 9.96. The van der Waals surface area contributed by atoms with Crippen LogP contribution >= 0.6 is 34.7 Å². The fourth-order valence-corrected chi connectivity index (χ4v) is 3.16. The number of amides is 1. The third kappa shape index (κ3) is 4.09. The summed E-state index contributed by atoms with van der Waals surface area (Å²) in [6.07, 6.45) is 0. The normalized spacial score (nSPS) is 12.1. The molecular formula is C11H11ClN4OS2. The Labute approximate surface area is 123 Å². The molecule has 5 nitrogen and oxygen atoms in total. The molecule has 8 heteroatoms. The van der Waals surface area contributed by atoms with Crippen LogP contribution in [0.3, 0.4) is 0 Å². The van der Waals surface area contributed by atoms with E-state index in [4.69, 9.17) is 17.3 Å². The number of rotatable bonds is 4. The highest BCUT2D eigenvalue weighted by Gasteiger charge is 2.16. The summed E-state index contributed by atoms with van der Waals surface area (Å²) in [5.41, 5.74) is 6.19. The van der Waals surface area contributed by atoms with Crippen molar-refractivity contribution in [1.82, 2.24) is 10.2 Å². The number of nitrogens with two attached hydrogens (primary N) is 1. The maximum absolute atomic E-state index is 12.0. The predicted octanol–water partition coefficient (Wildman–Crippen LogP) is 2.89. The summed E-state index contributed by atoms with van der Waals surface area (Å²) in [4.78, 5) is 12.0. The average Bonchev–Trinajstić information content (AvgIpc) is 2.77. The van der Waals surface area contributed by atoms with E-state index in [-0.39, 0.29) is 11.2 Å². The van der Waals surface area contributed by atoms with Crippen molar-refractivity contribution >= 4 is 51.4 Å². The van der Waals surface area contributed by atoms with Crippen molar-refractivity contribution in [3.05, 3.63) is 29.3 Å². The van der Waals surface area contributed by atoms with Crippen LogP contribution in [0.5, 0.6) is 0 Å². The fourth-order valence-electron chi connectivity index (χ4n) is 1.25. The molecule has 1 amide bonds. The zero-order valence-corrected chi connectivity index (χ0v) is 12.4. The summed E-state index contributed by atoms with van der Waals surface area (Å²) in [5.74, 6) is -0.110. The molecule has 3 N–H and O–H groups in total. The first kappa shape index (κ1) is 14.1. The molecule has 100 valence electrons. The molecule has 0 fully saturated rings. The summed E-state index contributed by atoms with van der Waals surface area (Å²) in [6.45, 7) is 1.80. The number of nitrogen functional groups attached to an aromatic ring is 1. The van der Waals surface area contributed by atoms with Gasteiger partial charge in [-0.05, 0) is 31.2 Å². The SMILES string of the molecule is CC(Sc1nnc(N)s1)C(=O)Nc1ccc(Cl)cc1. The minimum Gasteiger partial charge on any atom is -0.374 e. The van der Waals surface area contributed by atoms with Crippen molar-refractivity contribution in [2.45, 2.75) is 16.5 Å². The van der Waals surface area contributed by atoms with Crippen LogP contribution in [-0.2, 0) is 4.79 Å². The summed E-state index contributed by atoms with van der Waals surface area (Å²) in [7, 11) is 0. The molecule has 1 unspecified atom stereocenters. The highest BCUT2D eigenvalue weighted by Crippen LogP contribution is 2.28. The first-order valence-electron chi connectivity index (χ1n) is 5.36. The number of halogens is 1. The standard InChI is InChI=1S/C11H11ClN4OS2/c1-6(18-11-16-15-10(13)19-11)9(17)14-8-4-2-7(12)3-5-8/h2-6H,1H3,(H2,13,15)(H,14,17). The van der Waals surface area contributed by atoms with Gasteiger partial charge < -0.3 is 11.1 Å². The molecule has 2 rings (SSSR count). The smallest absolute Gasteiger partial charge is 0.237 e. The van der Waals surface area contributed by atoms with E-state index in [2.05, 4.69) is 15.5 Å². The first-order chi connectivity index (χ1) is 9.04. The molecule has 1 aromatic carbocycles. The van der Waals surface area contributed by atoms with E-state index in [1.165, 1.54) is 23.1 Å². The molecule has 0 aliphatic carbocycles. The number of nitrogens with one attached hydrogen (secondary N) is 1. The molecule has 2 aromatic rings. The van der Waals surface area contributed by atoms with Crippen LogP contribution in [0.4, 0.5) is 10.8 Å². The quantitative estimate of drug-likeness (QED) is 0.848. The Morgan fingerprint density at radius 3 is 2.68 bits per heavy atom. The van der Waals surface area contributed by atoms with Crippen molar-refractivity contribution in [3.8, 4) is 0 Å². The largest absolute Gasteiger partial charge is 0.374 e. The highest BCUT2D eigenvalue weighted by molar-refractivity contribution is 8.02. The third-order valence-electron chi connectivity index (χ3n) is 2.18. The van der Waals surface area contributed by atoms with E-state index in [0.717, 1.165) is 0 Å². The lowest BCUT2D eigenvalue weighted by atomic mass is 10.3. The second kappa shape index (κ2) is 6.23. The molecule has 1 aromatic heterocycles. The topological polar surface area (TPSA) is 80.9 Å². The second-order valence-corrected chi connectivity index (χ2v) is 6.70. The van der Waals surface area contributed by atoms with E-state index in [1.54, 1.807) is 31.2 Å². The Hall–Kier alpha value is -1.31. The Kier molecular flexibility index (Phi) is 4.62. The number of anilines is 2. The van der Waals surface area contributed by atoms with Crippen molar-refractivity contribution < 1.29 is 4.79 Å². The van der Waals surface area contributed by atoms with Crippen LogP contribution in [-0.4, -0.2) is 21.4 Å². The van der Waals surface area contributed by atoms with Gasteiger partial charge in [0.05, 0.1) is 5.25 Å². The van der Waals surface area contributed by atoms with E-state index in [9.17, 15) is 4.79 Å². The summed E-state index contributed by atoms with van der Waals surface area (Å²) in [5, 5.41) is 11.1. The van der Waals surface area contributed by atoms with Gasteiger partial charge in [0.2, 0.25) is 11.0 Å². The van der Waals surface area contributed by atoms with Gasteiger partial charge in [0, 0.05) is 10.7 Å². The van der Waals surface area contributed by atoms with Gasteiger partial charge in [0.15, 0.2) is 4.34 Å². The molecule has 0 bridgehead atoms. The Bertz CT molecular complexity index is 572. The zero-order chi connectivity index (χ0) is 13.8. The summed E-state index contributed by atoms with van der Waals surface area (Å²) < 4.78 is 0.677. The lowest BCUT2D eigenvalue weighted by molar-refractivity contribution is -0.115. The lowest BCUT2D eigenvalue weighted by Crippen LogP contribution is -2.22. The molecule has 0 radical (unpaired) electrons. The van der Waals surface area contributed by atoms with Gasteiger partial charge in [-0.3, -0.25) is 4.79 Å². The van der Waals surface area contributed by atoms with E-state index < -0.39 is 0 Å². The van der Waals surface area contributed by atoms with Gasteiger partial charge in [-0.1, -0.05) is 34.7 Å². The third-order valence-corrected chi connectivity index (χ3v) is 4.37. The lowest BCUT2D eigenvalue weighted by Gasteiger charge is -2.10. The number of thioether (sulfide) groups is 1. The number of hydrogen-bond donors (Lipinski definition) is 2. The Morgan fingerprint density at radius 1 is 1.42 bits per heavy atom. The summed E-state index contributed by atoms with van der Waals surface area (Å²) >= 11 is 8.36. The van der Waals surface area contributed by atoms with E-state index in [1.807, 2.05) is 0 Å². The molecule has 0 spiro atoms. The molecular weight excluding hydrogens is 304 g/mol. The van der Waals surface area contributed by atoms with Gasteiger partial charge in [-0.2, -0.15) is 0 Å². The van der Waals surface area contributed by atoms with E-state index in [0.29, 0.717) is 20.2 Å². The minimum absolute atomic E-state index is 0.110. The fraction of sp³-hybridized carbons (Fsp3) is 0.182. The molecule has 0 saturated heterocycles. The van der Waals surface area contributed by atoms with Gasteiger partial charge in [0.1, 0.15) is 0 Å². The van der Waals surface area contributed by atoms with Crippen molar-refractivity contribution in [2.75, 3.05) is 11.1 Å². The molecule has 0 aliphatic heterocycles. The number of carbonyl (C=O) groups is 1. The van der Waals surface area contributed by atoms with Gasteiger partial charge >= 0.3 is 0 Å². The van der Waals surface area contributed by atoms with E-state index >= 15 is 0 Å². The number of carbonyl (C=O) groups excluding carboxylic acids is 1. The highest BCUT2D eigenvalue weighted by atomic mass is 35.5. The Morgan fingerprint density at radius 2 is 2.11 bits per heavy atom. The maximum atomic E-state index is 12.0. The molecule has 1 atom stereocenters. The molecule has 0 saturated carbocycles. The van der Waals surface area contributed by atoms with Gasteiger partial charge in [0.25, 0.3) is 0 Å². The van der Waals surface area contributed by atoms with Crippen LogP contribution < -0.4 is 11.1 Å². The Balaban J connectivity index is 1.94. The van der Waals surface area contributed by atoms with Crippen molar-refractivity contribution in [1.29, 1.82) is 0 Å². The number of nitrogens with zero attached hydrogens (tertiary/aromatic N) is 2. The molecule has 0 aliphatic rings. The predicted molar refractivity (Wildman–Crippen MR) is 79.7 cm³/mol. The number of hydrogen-bond acceptors (Lipinski definition) is 6. The van der Waals surface area contributed by atoms with Crippen LogP contribution in [0.15, 0.2) is 28.6 Å². The number of aromatic nitrogens is 2. The molecule has 1 heterocycles. The van der Waals surface area contributed by atoms with Crippen LogP contribution in [0.1, 0.15) is 6.92 Å². The van der Waals surface area contributed by atoms with Gasteiger partial charge in [-0.25, -0.2) is 0 Å². The van der Waals surface area contributed by atoms with Gasteiger partial charge in [-0.15, -0.1) is 10.2 Å². The van der Waals surface area contributed by atoms with Crippen LogP contribution in [0, 0.1) is 0 Å². The maximum Gasteiger partial charge on any atom is 0.237 e. The monoisotopic (exact) mass is 314 g/mol. The first-order valence-corrected chi connectivity index (χ1v) is 7.44. The summed E-state index contributed by atoms with van der Waals surface area (Å²) in [6, 6.07) is 6.95. The number of benzene rings is 1. The van der Waals surface area contributed by atoms with Crippen molar-refractivity contribution in [3.63, 3.8) is 0 Å². The average molecular weight is 315 g/mol. The van der Waals surface area contributed by atoms with Crippen LogP contribution in [0.25, 0.3) is 0 Å². The van der Waals surface area contributed by atoms with Crippen molar-refractivity contribution in [2.24, 2.45) is 0 Å². The molecule has 19 heavy (non-hydrogen) atoms. The van der Waals surface area contributed by atoms with Crippen LogP contribution in [0.2, 0.25) is 5.02 Å². The minimum atomic E-state index is -0.289. The second-order valence-electron chi connectivity index (χ2n) is 3.66.